The highest BCUT2D eigenvalue weighted by Crippen LogP contribution is 2.32. The van der Waals surface area contributed by atoms with Crippen molar-refractivity contribution in [3.63, 3.8) is 0 Å². The third-order valence-corrected chi connectivity index (χ3v) is 3.32. The fraction of sp³-hybridized carbons (Fsp3) is 0.900. The summed E-state index contributed by atoms with van der Waals surface area (Å²) in [6.45, 7) is 5.70. The third kappa shape index (κ3) is 1.77. The molecule has 0 radical (unpaired) electrons. The van der Waals surface area contributed by atoms with Gasteiger partial charge in [0, 0.05) is 12.0 Å². The van der Waals surface area contributed by atoms with Crippen LogP contribution in [0.2, 0.25) is 0 Å². The lowest BCUT2D eigenvalue weighted by atomic mass is 9.84. The number of carbonyl (C=O) groups is 1. The second-order valence-corrected chi connectivity index (χ2v) is 4.73. The van der Waals surface area contributed by atoms with Crippen LogP contribution in [0.3, 0.4) is 0 Å². The molecule has 14 heavy (non-hydrogen) atoms. The van der Waals surface area contributed by atoms with Crippen LogP contribution in [0.25, 0.3) is 0 Å². The molecular formula is C10H17NO3. The van der Waals surface area contributed by atoms with E-state index in [1.807, 2.05) is 4.90 Å². The number of hydrogen-bond acceptors (Lipinski definition) is 3. The Hall–Kier alpha value is -0.610. The number of nitrogens with zero attached hydrogens (tertiary/aromatic N) is 1. The molecule has 0 aromatic carbocycles. The molecule has 1 atom stereocenters. The van der Waals surface area contributed by atoms with Crippen molar-refractivity contribution in [1.82, 2.24) is 4.90 Å². The highest BCUT2D eigenvalue weighted by molar-refractivity contribution is 5.74. The molecule has 0 aromatic heterocycles. The molecule has 2 aliphatic rings. The quantitative estimate of drug-likeness (QED) is 0.719. The molecule has 0 spiro atoms. The Bertz CT molecular complexity index is 238. The van der Waals surface area contributed by atoms with Crippen LogP contribution in [0, 0.1) is 5.41 Å². The van der Waals surface area contributed by atoms with E-state index in [1.54, 1.807) is 0 Å². The minimum atomic E-state index is -0.675. The predicted octanol–water partition coefficient (Wildman–Crippen LogP) is 0.572. The maximum atomic E-state index is 10.7. The van der Waals surface area contributed by atoms with Crippen LogP contribution in [0.15, 0.2) is 0 Å². The zero-order valence-corrected chi connectivity index (χ0v) is 8.53. The van der Waals surface area contributed by atoms with Crippen LogP contribution < -0.4 is 0 Å². The van der Waals surface area contributed by atoms with Gasteiger partial charge in [-0.1, -0.05) is 6.92 Å². The Labute approximate surface area is 83.8 Å². The van der Waals surface area contributed by atoms with Gasteiger partial charge in [0.25, 0.3) is 0 Å². The Morgan fingerprint density at radius 2 is 2.36 bits per heavy atom. The molecule has 1 N–H and O–H groups in total. The largest absolute Gasteiger partial charge is 0.480 e. The zero-order valence-electron chi connectivity index (χ0n) is 8.53. The SMILES string of the molecule is CC1(CCN2CCC2C(=O)O)COC1. The molecule has 0 amide bonds. The summed E-state index contributed by atoms with van der Waals surface area (Å²) in [5.74, 6) is -0.675. The summed E-state index contributed by atoms with van der Waals surface area (Å²) in [7, 11) is 0. The van der Waals surface area contributed by atoms with Crippen molar-refractivity contribution < 1.29 is 14.6 Å². The van der Waals surface area contributed by atoms with E-state index in [4.69, 9.17) is 9.84 Å². The predicted molar refractivity (Wildman–Crippen MR) is 51.2 cm³/mol. The first-order valence-corrected chi connectivity index (χ1v) is 5.15. The van der Waals surface area contributed by atoms with Crippen molar-refractivity contribution in [3.05, 3.63) is 0 Å². The molecule has 2 rings (SSSR count). The maximum absolute atomic E-state index is 10.7. The molecule has 0 bridgehead atoms. The van der Waals surface area contributed by atoms with E-state index in [9.17, 15) is 4.79 Å². The van der Waals surface area contributed by atoms with Crippen LogP contribution >= 0.6 is 0 Å². The highest BCUT2D eigenvalue weighted by Gasteiger charge is 2.38. The van der Waals surface area contributed by atoms with Crippen LogP contribution in [0.4, 0.5) is 0 Å². The molecule has 2 fully saturated rings. The van der Waals surface area contributed by atoms with Crippen molar-refractivity contribution in [1.29, 1.82) is 0 Å². The molecule has 2 heterocycles. The topological polar surface area (TPSA) is 49.8 Å². The van der Waals surface area contributed by atoms with Gasteiger partial charge in [0.2, 0.25) is 0 Å². The van der Waals surface area contributed by atoms with Crippen LogP contribution in [-0.2, 0) is 9.53 Å². The minimum absolute atomic E-state index is 0.223. The van der Waals surface area contributed by atoms with Crippen LogP contribution in [0.1, 0.15) is 19.8 Å². The first-order valence-electron chi connectivity index (χ1n) is 5.15. The summed E-state index contributed by atoms with van der Waals surface area (Å²) < 4.78 is 5.16. The number of carboxylic acid groups (broad SMARTS) is 1. The smallest absolute Gasteiger partial charge is 0.320 e. The molecule has 4 heteroatoms. The van der Waals surface area contributed by atoms with Gasteiger partial charge < -0.3 is 9.84 Å². The lowest BCUT2D eigenvalue weighted by molar-refractivity contribution is -0.150. The van der Waals surface area contributed by atoms with E-state index < -0.39 is 5.97 Å². The summed E-state index contributed by atoms with van der Waals surface area (Å²) in [5.41, 5.74) is 0.304. The normalized spacial score (nSPS) is 30.5. The number of rotatable bonds is 4. The summed E-state index contributed by atoms with van der Waals surface area (Å²) >= 11 is 0. The summed E-state index contributed by atoms with van der Waals surface area (Å²) in [6.07, 6.45) is 1.86. The Morgan fingerprint density at radius 1 is 1.64 bits per heavy atom. The molecule has 0 aromatic rings. The number of carboxylic acids is 1. The molecule has 80 valence electrons. The number of ether oxygens (including phenoxy) is 1. The van der Waals surface area contributed by atoms with Gasteiger partial charge in [-0.25, -0.2) is 0 Å². The van der Waals surface area contributed by atoms with Gasteiger partial charge in [-0.2, -0.15) is 0 Å². The lowest BCUT2D eigenvalue weighted by Gasteiger charge is -2.43. The van der Waals surface area contributed by atoms with Gasteiger partial charge in [0.1, 0.15) is 6.04 Å². The summed E-state index contributed by atoms with van der Waals surface area (Å²) in [5, 5.41) is 8.84. The lowest BCUT2D eigenvalue weighted by Crippen LogP contribution is -2.54. The molecule has 1 unspecified atom stereocenters. The Balaban J connectivity index is 1.73. The second-order valence-electron chi connectivity index (χ2n) is 4.73. The van der Waals surface area contributed by atoms with Gasteiger partial charge in [-0.05, 0) is 19.4 Å². The monoisotopic (exact) mass is 199 g/mol. The molecular weight excluding hydrogens is 182 g/mol. The van der Waals surface area contributed by atoms with Crippen molar-refractivity contribution >= 4 is 5.97 Å². The van der Waals surface area contributed by atoms with Gasteiger partial charge in [-0.3, -0.25) is 9.69 Å². The Kier molecular flexibility index (Phi) is 2.49. The first-order chi connectivity index (χ1) is 6.61. The third-order valence-electron chi connectivity index (χ3n) is 3.32. The number of hydrogen-bond donors (Lipinski definition) is 1. The average molecular weight is 199 g/mol. The summed E-state index contributed by atoms with van der Waals surface area (Å²) in [6, 6.07) is -0.223. The van der Waals surface area contributed by atoms with Crippen molar-refractivity contribution in [3.8, 4) is 0 Å². The fourth-order valence-corrected chi connectivity index (χ4v) is 2.00. The van der Waals surface area contributed by atoms with Crippen LogP contribution in [-0.4, -0.2) is 48.3 Å². The summed E-state index contributed by atoms with van der Waals surface area (Å²) in [4.78, 5) is 12.8. The van der Waals surface area contributed by atoms with E-state index >= 15 is 0 Å². The van der Waals surface area contributed by atoms with Gasteiger partial charge in [0.15, 0.2) is 0 Å². The number of aliphatic carboxylic acids is 1. The average Bonchev–Trinajstić information content (AvgIpc) is 1.98. The van der Waals surface area contributed by atoms with Crippen molar-refractivity contribution in [2.45, 2.75) is 25.8 Å². The van der Waals surface area contributed by atoms with E-state index in [0.29, 0.717) is 5.41 Å². The second kappa shape index (κ2) is 3.51. The Morgan fingerprint density at radius 3 is 2.71 bits per heavy atom. The van der Waals surface area contributed by atoms with E-state index in [-0.39, 0.29) is 6.04 Å². The molecule has 0 aliphatic carbocycles. The van der Waals surface area contributed by atoms with Gasteiger partial charge in [-0.15, -0.1) is 0 Å². The molecule has 0 saturated carbocycles. The van der Waals surface area contributed by atoms with E-state index in [0.717, 1.165) is 39.1 Å². The standard InChI is InChI=1S/C10H17NO3/c1-10(6-14-7-10)3-5-11-4-2-8(11)9(12)13/h8H,2-7H2,1H3,(H,12,13). The van der Waals surface area contributed by atoms with Crippen molar-refractivity contribution in [2.24, 2.45) is 5.41 Å². The number of likely N-dealkylation sites (tertiary alicyclic amines) is 1. The van der Waals surface area contributed by atoms with Gasteiger partial charge >= 0.3 is 5.97 Å². The van der Waals surface area contributed by atoms with E-state index in [2.05, 4.69) is 6.92 Å². The first kappa shape index (κ1) is 9.93. The van der Waals surface area contributed by atoms with Gasteiger partial charge in [0.05, 0.1) is 13.2 Å². The maximum Gasteiger partial charge on any atom is 0.320 e. The molecule has 2 aliphatic heterocycles. The van der Waals surface area contributed by atoms with Crippen molar-refractivity contribution in [2.75, 3.05) is 26.3 Å². The van der Waals surface area contributed by atoms with E-state index in [1.165, 1.54) is 0 Å². The zero-order chi connectivity index (χ0) is 10.2. The fourth-order valence-electron chi connectivity index (χ4n) is 2.00. The molecule has 2 saturated heterocycles. The minimum Gasteiger partial charge on any atom is -0.480 e. The highest BCUT2D eigenvalue weighted by atomic mass is 16.5. The molecule has 4 nitrogen and oxygen atoms in total. The van der Waals surface area contributed by atoms with Crippen LogP contribution in [0.5, 0.6) is 0 Å².